The van der Waals surface area contributed by atoms with Gasteiger partial charge in [0.25, 0.3) is 0 Å². The van der Waals surface area contributed by atoms with Crippen LogP contribution in [0.2, 0.25) is 0 Å². The molecule has 2 saturated heterocycles. The van der Waals surface area contributed by atoms with Gasteiger partial charge in [-0.15, -0.1) is 6.58 Å². The van der Waals surface area contributed by atoms with Crippen LogP contribution in [0.15, 0.2) is 91.5 Å². The summed E-state index contributed by atoms with van der Waals surface area (Å²) >= 11 is 0. The molecule has 2 heterocycles. The molecule has 0 amide bonds. The number of allylic oxidation sites excluding steroid dienone is 1. The summed E-state index contributed by atoms with van der Waals surface area (Å²) in [6.07, 6.45) is 2.07. The van der Waals surface area contributed by atoms with Crippen molar-refractivity contribution in [3.63, 3.8) is 0 Å². The van der Waals surface area contributed by atoms with Gasteiger partial charge in [0.05, 0.1) is 26.4 Å². The predicted molar refractivity (Wildman–Crippen MR) is 160 cm³/mol. The fourth-order valence-corrected chi connectivity index (χ4v) is 5.52. The third-order valence-electron chi connectivity index (χ3n) is 7.84. The minimum absolute atomic E-state index is 0.115. The van der Waals surface area contributed by atoms with Crippen LogP contribution in [-0.4, -0.2) is 88.7 Å². The van der Waals surface area contributed by atoms with Crippen LogP contribution in [0, 0.1) is 0 Å². The van der Waals surface area contributed by atoms with Crippen LogP contribution in [0.5, 0.6) is 11.5 Å². The van der Waals surface area contributed by atoms with E-state index in [1.165, 1.54) is 16.7 Å². The molecular formula is C34H42N2O4. The molecule has 2 aliphatic heterocycles. The lowest BCUT2D eigenvalue weighted by atomic mass is 9.77. The average molecular weight is 543 g/mol. The summed E-state index contributed by atoms with van der Waals surface area (Å²) in [5.74, 6) is 2.04. The molecule has 6 nitrogen and oxygen atoms in total. The fourth-order valence-electron chi connectivity index (χ4n) is 5.52. The van der Waals surface area contributed by atoms with Gasteiger partial charge in [-0.05, 0) is 41.0 Å². The normalized spacial score (nSPS) is 17.4. The zero-order valence-electron chi connectivity index (χ0n) is 23.5. The van der Waals surface area contributed by atoms with Gasteiger partial charge >= 0.3 is 0 Å². The molecule has 40 heavy (non-hydrogen) atoms. The zero-order valence-corrected chi connectivity index (χ0v) is 23.5. The first-order valence-corrected chi connectivity index (χ1v) is 14.5. The van der Waals surface area contributed by atoms with E-state index in [0.717, 1.165) is 77.2 Å². The second kappa shape index (κ2) is 15.0. The van der Waals surface area contributed by atoms with E-state index in [1.54, 1.807) is 0 Å². The van der Waals surface area contributed by atoms with Crippen molar-refractivity contribution >= 4 is 0 Å². The Hall–Kier alpha value is -3.16. The average Bonchev–Trinajstić information content (AvgIpc) is 3.02. The quantitative estimate of drug-likeness (QED) is 0.276. The number of rotatable bonds is 13. The molecule has 6 heteroatoms. The molecule has 0 radical (unpaired) electrons. The highest BCUT2D eigenvalue weighted by Gasteiger charge is 2.24. The van der Waals surface area contributed by atoms with E-state index in [1.807, 2.05) is 0 Å². The molecule has 2 fully saturated rings. The van der Waals surface area contributed by atoms with Gasteiger partial charge in [-0.25, -0.2) is 0 Å². The van der Waals surface area contributed by atoms with Gasteiger partial charge in [0.15, 0.2) is 0 Å². The van der Waals surface area contributed by atoms with E-state index >= 15 is 0 Å². The molecule has 212 valence electrons. The van der Waals surface area contributed by atoms with E-state index < -0.39 is 0 Å². The Morgan fingerprint density at radius 1 is 0.625 bits per heavy atom. The summed E-state index contributed by atoms with van der Waals surface area (Å²) in [7, 11) is 0. The molecule has 0 N–H and O–H groups in total. The van der Waals surface area contributed by atoms with Crippen molar-refractivity contribution in [1.29, 1.82) is 0 Å². The molecule has 3 aromatic carbocycles. The number of nitrogens with zero attached hydrogens (tertiary/aromatic N) is 2. The standard InChI is InChI=1S/C34H42N2O4/c1-2-33(28-6-4-3-5-7-28)34(29-8-12-31(13-9-29)39-26-20-35-16-22-37-23-17-35)30-10-14-32(15-11-30)40-27-21-36-18-24-38-25-19-36/h2-15,33-34H,1,16-27H2. The predicted octanol–water partition coefficient (Wildman–Crippen LogP) is 5.21. The number of benzene rings is 3. The lowest BCUT2D eigenvalue weighted by Crippen LogP contribution is -2.38. The monoisotopic (exact) mass is 542 g/mol. The molecular weight excluding hydrogens is 500 g/mol. The summed E-state index contributed by atoms with van der Waals surface area (Å²) in [6, 6.07) is 27.8. The lowest BCUT2D eigenvalue weighted by molar-refractivity contribution is 0.0321. The van der Waals surface area contributed by atoms with Gasteiger partial charge in [-0.3, -0.25) is 9.80 Å². The van der Waals surface area contributed by atoms with Crippen LogP contribution < -0.4 is 9.47 Å². The van der Waals surface area contributed by atoms with Crippen molar-refractivity contribution in [1.82, 2.24) is 9.80 Å². The van der Waals surface area contributed by atoms with Gasteiger partial charge in [0.2, 0.25) is 0 Å². The van der Waals surface area contributed by atoms with Crippen molar-refractivity contribution < 1.29 is 18.9 Å². The molecule has 0 aliphatic carbocycles. The second-order valence-corrected chi connectivity index (χ2v) is 10.4. The first kappa shape index (κ1) is 28.4. The van der Waals surface area contributed by atoms with E-state index in [0.29, 0.717) is 13.2 Å². The Bertz CT molecular complexity index is 1070. The maximum atomic E-state index is 6.09. The van der Waals surface area contributed by atoms with Crippen molar-refractivity contribution in [3.05, 3.63) is 108 Å². The highest BCUT2D eigenvalue weighted by atomic mass is 16.5. The molecule has 1 unspecified atom stereocenters. The summed E-state index contributed by atoms with van der Waals surface area (Å²) < 4.78 is 23.1. The molecule has 3 aromatic rings. The molecule has 0 saturated carbocycles. The van der Waals surface area contributed by atoms with Crippen LogP contribution in [0.3, 0.4) is 0 Å². The first-order valence-electron chi connectivity index (χ1n) is 14.5. The van der Waals surface area contributed by atoms with Gasteiger partial charge in [-0.2, -0.15) is 0 Å². The molecule has 5 rings (SSSR count). The topological polar surface area (TPSA) is 43.4 Å². The maximum absolute atomic E-state index is 6.09. The molecule has 0 aromatic heterocycles. The Morgan fingerprint density at radius 3 is 1.50 bits per heavy atom. The third kappa shape index (κ3) is 7.95. The van der Waals surface area contributed by atoms with Gasteiger partial charge in [-0.1, -0.05) is 60.7 Å². The van der Waals surface area contributed by atoms with Crippen molar-refractivity contribution in [2.45, 2.75) is 11.8 Å². The Morgan fingerprint density at radius 2 is 1.07 bits per heavy atom. The van der Waals surface area contributed by atoms with E-state index in [-0.39, 0.29) is 11.8 Å². The Balaban J connectivity index is 1.27. The molecule has 0 spiro atoms. The zero-order chi connectivity index (χ0) is 27.4. The van der Waals surface area contributed by atoms with Crippen LogP contribution in [0.25, 0.3) is 0 Å². The van der Waals surface area contributed by atoms with Crippen molar-refractivity contribution in [3.8, 4) is 11.5 Å². The summed E-state index contributed by atoms with van der Waals surface area (Å²) in [5, 5.41) is 0. The highest BCUT2D eigenvalue weighted by molar-refractivity contribution is 5.43. The van der Waals surface area contributed by atoms with Gasteiger partial charge in [0.1, 0.15) is 24.7 Å². The van der Waals surface area contributed by atoms with Gasteiger partial charge in [0, 0.05) is 51.1 Å². The minimum Gasteiger partial charge on any atom is -0.492 e. The van der Waals surface area contributed by atoms with Crippen LogP contribution in [0.4, 0.5) is 0 Å². The number of morpholine rings is 2. The minimum atomic E-state index is 0.115. The van der Waals surface area contributed by atoms with Crippen LogP contribution in [-0.2, 0) is 9.47 Å². The van der Waals surface area contributed by atoms with Crippen LogP contribution >= 0.6 is 0 Å². The van der Waals surface area contributed by atoms with E-state index in [4.69, 9.17) is 18.9 Å². The van der Waals surface area contributed by atoms with Crippen molar-refractivity contribution in [2.24, 2.45) is 0 Å². The summed E-state index contributed by atoms with van der Waals surface area (Å²) in [5.41, 5.74) is 3.71. The van der Waals surface area contributed by atoms with Crippen molar-refractivity contribution in [2.75, 3.05) is 78.9 Å². The lowest BCUT2D eigenvalue weighted by Gasteiger charge is -2.27. The second-order valence-electron chi connectivity index (χ2n) is 10.4. The van der Waals surface area contributed by atoms with E-state index in [9.17, 15) is 0 Å². The number of hydrogen-bond acceptors (Lipinski definition) is 6. The Kier molecular flexibility index (Phi) is 10.6. The van der Waals surface area contributed by atoms with Crippen LogP contribution in [0.1, 0.15) is 28.5 Å². The van der Waals surface area contributed by atoms with Gasteiger partial charge < -0.3 is 18.9 Å². The summed E-state index contributed by atoms with van der Waals surface area (Å²) in [6.45, 7) is 14.6. The third-order valence-corrected chi connectivity index (χ3v) is 7.84. The summed E-state index contributed by atoms with van der Waals surface area (Å²) in [4.78, 5) is 4.77. The smallest absolute Gasteiger partial charge is 0.119 e. The maximum Gasteiger partial charge on any atom is 0.119 e. The number of ether oxygens (including phenoxy) is 4. The Labute approximate surface area is 239 Å². The largest absolute Gasteiger partial charge is 0.492 e. The fraction of sp³-hybridized carbons (Fsp3) is 0.412. The highest BCUT2D eigenvalue weighted by Crippen LogP contribution is 2.40. The number of hydrogen-bond donors (Lipinski definition) is 0. The first-order chi connectivity index (χ1) is 19.8. The molecule has 2 aliphatic rings. The molecule has 0 bridgehead atoms. The molecule has 1 atom stereocenters. The van der Waals surface area contributed by atoms with E-state index in [2.05, 4.69) is 101 Å². The SMILES string of the molecule is C=CC(c1ccccc1)C(c1ccc(OCCN2CCOCC2)cc1)c1ccc(OCCN2CCOCC2)cc1.